The van der Waals surface area contributed by atoms with Crippen molar-refractivity contribution in [1.29, 1.82) is 0 Å². The van der Waals surface area contributed by atoms with Gasteiger partial charge in [0.15, 0.2) is 0 Å². The van der Waals surface area contributed by atoms with Crippen molar-refractivity contribution in [3.8, 4) is 11.1 Å². The van der Waals surface area contributed by atoms with E-state index in [1.165, 1.54) is 16.5 Å². The van der Waals surface area contributed by atoms with Crippen LogP contribution in [0.2, 0.25) is 0 Å². The Balaban J connectivity index is 2.05. The van der Waals surface area contributed by atoms with E-state index in [1.54, 1.807) is 0 Å². The molecule has 0 aliphatic heterocycles. The first kappa shape index (κ1) is 12.1. The van der Waals surface area contributed by atoms with Gasteiger partial charge in [0.2, 0.25) is 0 Å². The van der Waals surface area contributed by atoms with Crippen molar-refractivity contribution in [2.75, 3.05) is 0 Å². The molecular formula is C18H15N3. The van der Waals surface area contributed by atoms with Crippen LogP contribution in [-0.4, -0.2) is 15.0 Å². The molecule has 0 atom stereocenters. The van der Waals surface area contributed by atoms with Crippen molar-refractivity contribution in [3.05, 3.63) is 60.0 Å². The van der Waals surface area contributed by atoms with E-state index in [9.17, 15) is 0 Å². The SMILES string of the molecule is Cc1nc(C)c2c(n1)[nH]c1ccc(-c3ccccc3)cc12. The van der Waals surface area contributed by atoms with Gasteiger partial charge in [0.25, 0.3) is 0 Å². The summed E-state index contributed by atoms with van der Waals surface area (Å²) in [6.07, 6.45) is 0. The van der Waals surface area contributed by atoms with Crippen molar-refractivity contribution < 1.29 is 0 Å². The third kappa shape index (κ3) is 1.89. The Bertz CT molecular complexity index is 952. The number of H-pyrrole nitrogens is 1. The maximum absolute atomic E-state index is 4.51. The molecule has 0 saturated carbocycles. The van der Waals surface area contributed by atoms with Crippen molar-refractivity contribution in [1.82, 2.24) is 15.0 Å². The lowest BCUT2D eigenvalue weighted by atomic mass is 10.0. The van der Waals surface area contributed by atoms with E-state index < -0.39 is 0 Å². The number of nitrogens with zero attached hydrogens (tertiary/aromatic N) is 2. The van der Waals surface area contributed by atoms with Crippen LogP contribution in [0.3, 0.4) is 0 Å². The number of aryl methyl sites for hydroxylation is 2. The number of rotatable bonds is 1. The minimum Gasteiger partial charge on any atom is -0.339 e. The molecule has 0 unspecified atom stereocenters. The second-order valence-corrected chi connectivity index (χ2v) is 5.33. The summed E-state index contributed by atoms with van der Waals surface area (Å²) in [4.78, 5) is 12.4. The fourth-order valence-electron chi connectivity index (χ4n) is 2.92. The summed E-state index contributed by atoms with van der Waals surface area (Å²) in [6, 6.07) is 16.9. The molecule has 0 amide bonds. The zero-order chi connectivity index (χ0) is 14.4. The Kier molecular flexibility index (Phi) is 2.54. The summed E-state index contributed by atoms with van der Waals surface area (Å²) in [5.41, 5.74) is 5.48. The van der Waals surface area contributed by atoms with E-state index in [1.807, 2.05) is 19.9 Å². The molecular weight excluding hydrogens is 258 g/mol. The average molecular weight is 273 g/mol. The summed E-state index contributed by atoms with van der Waals surface area (Å²) in [7, 11) is 0. The van der Waals surface area contributed by atoms with E-state index >= 15 is 0 Å². The van der Waals surface area contributed by atoms with Crippen molar-refractivity contribution in [2.45, 2.75) is 13.8 Å². The summed E-state index contributed by atoms with van der Waals surface area (Å²) in [5, 5.41) is 2.30. The van der Waals surface area contributed by atoms with E-state index in [-0.39, 0.29) is 0 Å². The van der Waals surface area contributed by atoms with Crippen LogP contribution in [0.1, 0.15) is 11.5 Å². The lowest BCUT2D eigenvalue weighted by molar-refractivity contribution is 1.04. The van der Waals surface area contributed by atoms with Gasteiger partial charge in [0, 0.05) is 16.3 Å². The van der Waals surface area contributed by atoms with Crippen LogP contribution in [-0.2, 0) is 0 Å². The monoisotopic (exact) mass is 273 g/mol. The summed E-state index contributed by atoms with van der Waals surface area (Å²) < 4.78 is 0. The van der Waals surface area contributed by atoms with Crippen LogP contribution in [0.5, 0.6) is 0 Å². The molecule has 21 heavy (non-hydrogen) atoms. The second kappa shape index (κ2) is 4.42. The molecule has 2 aromatic heterocycles. The topological polar surface area (TPSA) is 41.6 Å². The van der Waals surface area contributed by atoms with Gasteiger partial charge in [0.05, 0.1) is 5.69 Å². The molecule has 3 nitrogen and oxygen atoms in total. The average Bonchev–Trinajstić information content (AvgIpc) is 2.85. The van der Waals surface area contributed by atoms with Gasteiger partial charge < -0.3 is 4.98 Å². The normalized spacial score (nSPS) is 11.3. The Labute approximate surface area is 122 Å². The van der Waals surface area contributed by atoms with Gasteiger partial charge in [-0.05, 0) is 37.1 Å². The first-order valence-corrected chi connectivity index (χ1v) is 7.04. The van der Waals surface area contributed by atoms with Crippen LogP contribution < -0.4 is 0 Å². The number of aromatic amines is 1. The van der Waals surface area contributed by atoms with E-state index in [2.05, 4.69) is 57.4 Å². The van der Waals surface area contributed by atoms with E-state index in [0.717, 1.165) is 28.1 Å². The predicted octanol–water partition coefficient (Wildman–Crippen LogP) is 4.39. The smallest absolute Gasteiger partial charge is 0.142 e. The molecule has 1 N–H and O–H groups in total. The molecule has 0 fully saturated rings. The minimum atomic E-state index is 0.801. The van der Waals surface area contributed by atoms with Gasteiger partial charge in [-0.2, -0.15) is 0 Å². The highest BCUT2D eigenvalue weighted by molar-refractivity contribution is 6.08. The highest BCUT2D eigenvalue weighted by Gasteiger charge is 2.10. The largest absolute Gasteiger partial charge is 0.339 e. The number of fused-ring (bicyclic) bond motifs is 3. The third-order valence-corrected chi connectivity index (χ3v) is 3.85. The summed E-state index contributed by atoms with van der Waals surface area (Å²) in [5.74, 6) is 0.801. The molecule has 102 valence electrons. The number of aromatic nitrogens is 3. The predicted molar refractivity (Wildman–Crippen MR) is 86.3 cm³/mol. The first-order chi connectivity index (χ1) is 10.2. The minimum absolute atomic E-state index is 0.801. The fraction of sp³-hybridized carbons (Fsp3) is 0.111. The number of hydrogen-bond acceptors (Lipinski definition) is 2. The fourth-order valence-corrected chi connectivity index (χ4v) is 2.92. The van der Waals surface area contributed by atoms with Gasteiger partial charge in [-0.3, -0.25) is 0 Å². The maximum atomic E-state index is 4.51. The molecule has 0 bridgehead atoms. The molecule has 0 spiro atoms. The van der Waals surface area contributed by atoms with E-state index in [4.69, 9.17) is 0 Å². The number of benzene rings is 2. The van der Waals surface area contributed by atoms with Crippen LogP contribution >= 0.6 is 0 Å². The molecule has 2 aromatic carbocycles. The quantitative estimate of drug-likeness (QED) is 0.558. The highest BCUT2D eigenvalue weighted by atomic mass is 14.9. The molecule has 2 heterocycles. The Hall–Kier alpha value is -2.68. The lowest BCUT2D eigenvalue weighted by Gasteiger charge is -2.02. The molecule has 0 radical (unpaired) electrons. The van der Waals surface area contributed by atoms with Crippen molar-refractivity contribution >= 4 is 21.9 Å². The number of nitrogens with one attached hydrogen (secondary N) is 1. The Morgan fingerprint density at radius 1 is 0.857 bits per heavy atom. The summed E-state index contributed by atoms with van der Waals surface area (Å²) in [6.45, 7) is 3.97. The Morgan fingerprint density at radius 2 is 1.67 bits per heavy atom. The van der Waals surface area contributed by atoms with Gasteiger partial charge >= 0.3 is 0 Å². The van der Waals surface area contributed by atoms with Crippen molar-refractivity contribution in [2.24, 2.45) is 0 Å². The molecule has 0 aliphatic rings. The molecule has 4 aromatic rings. The van der Waals surface area contributed by atoms with Crippen LogP contribution in [0.4, 0.5) is 0 Å². The molecule has 0 aliphatic carbocycles. The zero-order valence-electron chi connectivity index (χ0n) is 12.0. The van der Waals surface area contributed by atoms with Crippen LogP contribution in [0.25, 0.3) is 33.1 Å². The van der Waals surface area contributed by atoms with Gasteiger partial charge in [-0.25, -0.2) is 9.97 Å². The molecule has 0 saturated heterocycles. The number of hydrogen-bond donors (Lipinski definition) is 1. The van der Waals surface area contributed by atoms with Crippen LogP contribution in [0.15, 0.2) is 48.5 Å². The van der Waals surface area contributed by atoms with Gasteiger partial charge in [-0.1, -0.05) is 36.4 Å². The zero-order valence-corrected chi connectivity index (χ0v) is 12.0. The second-order valence-electron chi connectivity index (χ2n) is 5.33. The lowest BCUT2D eigenvalue weighted by Crippen LogP contribution is -1.91. The summed E-state index contributed by atoms with van der Waals surface area (Å²) >= 11 is 0. The van der Waals surface area contributed by atoms with Gasteiger partial charge in [0.1, 0.15) is 11.5 Å². The van der Waals surface area contributed by atoms with Gasteiger partial charge in [-0.15, -0.1) is 0 Å². The van der Waals surface area contributed by atoms with Crippen LogP contribution in [0, 0.1) is 13.8 Å². The maximum Gasteiger partial charge on any atom is 0.142 e. The molecule has 4 rings (SSSR count). The third-order valence-electron chi connectivity index (χ3n) is 3.85. The van der Waals surface area contributed by atoms with Crippen molar-refractivity contribution in [3.63, 3.8) is 0 Å². The first-order valence-electron chi connectivity index (χ1n) is 7.04. The Morgan fingerprint density at radius 3 is 2.48 bits per heavy atom. The molecule has 3 heteroatoms. The van der Waals surface area contributed by atoms with E-state index in [0.29, 0.717) is 0 Å². The highest BCUT2D eigenvalue weighted by Crippen LogP contribution is 2.30. The standard InChI is InChI=1S/C18H15N3/c1-11-17-15-10-14(13-6-4-3-5-7-13)8-9-16(15)21-18(17)20-12(2)19-11/h3-10H,1-2H3,(H,19,20,21).